The Kier molecular flexibility index (Phi) is 4.61. The summed E-state index contributed by atoms with van der Waals surface area (Å²) in [6, 6.07) is 20.0. The van der Waals surface area contributed by atoms with Crippen molar-refractivity contribution in [3.05, 3.63) is 90.0 Å². The second-order valence-electron chi connectivity index (χ2n) is 5.14. The van der Waals surface area contributed by atoms with E-state index in [1.54, 1.807) is 11.0 Å². The van der Waals surface area contributed by atoms with Gasteiger partial charge >= 0.3 is 0 Å². The molecule has 0 N–H and O–H groups in total. The Morgan fingerprint density at radius 2 is 1.87 bits per heavy atom. The lowest BCUT2D eigenvalue weighted by atomic mass is 10.1. The number of rotatable bonds is 5. The molecular weight excluding hydrogens is 284 g/mol. The lowest BCUT2D eigenvalue weighted by Crippen LogP contribution is -2.00. The molecule has 0 bridgehead atoms. The van der Waals surface area contributed by atoms with E-state index in [0.29, 0.717) is 5.56 Å². The van der Waals surface area contributed by atoms with Crippen LogP contribution in [0.4, 0.5) is 0 Å². The van der Waals surface area contributed by atoms with Crippen molar-refractivity contribution < 1.29 is 0 Å². The molecule has 0 aliphatic carbocycles. The zero-order valence-electron chi connectivity index (χ0n) is 12.6. The molecule has 0 fully saturated rings. The Bertz CT molecular complexity index is 810. The maximum absolute atomic E-state index is 8.93. The van der Waals surface area contributed by atoms with E-state index in [1.807, 2.05) is 30.3 Å². The summed E-state index contributed by atoms with van der Waals surface area (Å²) in [5.74, 6) is 0. The molecule has 0 atom stereocenters. The third-order valence-corrected chi connectivity index (χ3v) is 3.59. The Hall–Kier alpha value is -3.19. The fraction of sp³-hybridized carbons (Fsp3) is 0.105. The van der Waals surface area contributed by atoms with Gasteiger partial charge in [-0.2, -0.15) is 10.4 Å². The first-order chi connectivity index (χ1) is 11.4. The maximum Gasteiger partial charge on any atom is 0.138 e. The van der Waals surface area contributed by atoms with Crippen molar-refractivity contribution in [3.63, 3.8) is 0 Å². The first-order valence-electron chi connectivity index (χ1n) is 7.46. The first kappa shape index (κ1) is 14.7. The van der Waals surface area contributed by atoms with Crippen LogP contribution < -0.4 is 0 Å². The van der Waals surface area contributed by atoms with Gasteiger partial charge in [0.1, 0.15) is 12.7 Å². The molecule has 4 heteroatoms. The average Bonchev–Trinajstić information content (AvgIpc) is 3.14. The van der Waals surface area contributed by atoms with Crippen molar-refractivity contribution in [3.8, 4) is 6.07 Å². The van der Waals surface area contributed by atoms with Gasteiger partial charge in [0.2, 0.25) is 0 Å². The summed E-state index contributed by atoms with van der Waals surface area (Å²) in [5, 5.41) is 13.2. The maximum atomic E-state index is 8.93. The van der Waals surface area contributed by atoms with Gasteiger partial charge in [-0.3, -0.25) is 0 Å². The van der Waals surface area contributed by atoms with Crippen molar-refractivity contribution in [1.29, 1.82) is 5.26 Å². The third kappa shape index (κ3) is 3.72. The highest BCUT2D eigenvalue weighted by Gasteiger charge is 2.05. The Labute approximate surface area is 135 Å². The third-order valence-electron chi connectivity index (χ3n) is 3.59. The normalized spacial score (nSPS) is 11.2. The number of hydrogen-bond donors (Lipinski definition) is 0. The molecule has 1 aromatic heterocycles. The quantitative estimate of drug-likeness (QED) is 0.722. The molecule has 0 aliphatic heterocycles. The van der Waals surface area contributed by atoms with Crippen molar-refractivity contribution in [2.24, 2.45) is 0 Å². The van der Waals surface area contributed by atoms with E-state index in [9.17, 15) is 0 Å². The number of benzene rings is 2. The van der Waals surface area contributed by atoms with Crippen molar-refractivity contribution in [1.82, 2.24) is 14.8 Å². The standard InChI is InChI=1S/C19H16N4/c20-13-17-9-11-18(12-10-17)19(23-15-21-14-22-23)8-4-7-16-5-2-1-3-6-16/h1-3,5-6,8-12,14-15H,4,7H2. The number of nitrogens with zero attached hydrogens (tertiary/aromatic N) is 4. The summed E-state index contributed by atoms with van der Waals surface area (Å²) < 4.78 is 1.76. The molecule has 2 aromatic carbocycles. The number of aryl methyl sites for hydroxylation is 1. The van der Waals surface area contributed by atoms with Crippen LogP contribution in [0, 0.1) is 11.3 Å². The smallest absolute Gasteiger partial charge is 0.138 e. The largest absolute Gasteiger partial charge is 0.223 e. The average molecular weight is 300 g/mol. The van der Waals surface area contributed by atoms with E-state index in [1.165, 1.54) is 11.9 Å². The minimum atomic E-state index is 0.649. The lowest BCUT2D eigenvalue weighted by molar-refractivity contribution is 0.888. The van der Waals surface area contributed by atoms with Gasteiger partial charge in [-0.05, 0) is 36.1 Å². The number of allylic oxidation sites excluding steroid dienone is 1. The predicted octanol–water partition coefficient (Wildman–Crippen LogP) is 3.67. The molecule has 3 rings (SSSR count). The van der Waals surface area contributed by atoms with E-state index in [4.69, 9.17) is 5.26 Å². The zero-order valence-corrected chi connectivity index (χ0v) is 12.6. The molecule has 0 spiro atoms. The van der Waals surface area contributed by atoms with Gasteiger partial charge < -0.3 is 0 Å². The second-order valence-corrected chi connectivity index (χ2v) is 5.14. The van der Waals surface area contributed by atoms with Crippen LogP contribution >= 0.6 is 0 Å². The molecule has 23 heavy (non-hydrogen) atoms. The molecular formula is C19H16N4. The lowest BCUT2D eigenvalue weighted by Gasteiger charge is -2.08. The SMILES string of the molecule is N#Cc1ccc(C(=CCCc2ccccc2)n2cncn2)cc1. The molecule has 0 saturated carbocycles. The summed E-state index contributed by atoms with van der Waals surface area (Å²) in [6.45, 7) is 0. The Morgan fingerprint density at radius 1 is 1.09 bits per heavy atom. The number of hydrogen-bond acceptors (Lipinski definition) is 3. The number of nitriles is 1. The van der Waals surface area contributed by atoms with Crippen molar-refractivity contribution >= 4 is 5.70 Å². The minimum Gasteiger partial charge on any atom is -0.223 e. The van der Waals surface area contributed by atoms with Gasteiger partial charge in [-0.1, -0.05) is 48.5 Å². The van der Waals surface area contributed by atoms with Crippen LogP contribution in [0.2, 0.25) is 0 Å². The van der Waals surface area contributed by atoms with Crippen LogP contribution in [0.3, 0.4) is 0 Å². The number of aromatic nitrogens is 3. The van der Waals surface area contributed by atoms with Crippen molar-refractivity contribution in [2.75, 3.05) is 0 Å². The highest BCUT2D eigenvalue weighted by molar-refractivity contribution is 5.65. The van der Waals surface area contributed by atoms with Crippen LogP contribution in [0.5, 0.6) is 0 Å². The molecule has 112 valence electrons. The Morgan fingerprint density at radius 3 is 2.52 bits per heavy atom. The highest BCUT2D eigenvalue weighted by atomic mass is 15.3. The monoisotopic (exact) mass is 300 g/mol. The van der Waals surface area contributed by atoms with E-state index in [2.05, 4.69) is 46.5 Å². The van der Waals surface area contributed by atoms with Crippen LogP contribution in [0.1, 0.15) is 23.1 Å². The molecule has 0 amide bonds. The van der Waals surface area contributed by atoms with E-state index in [0.717, 1.165) is 24.1 Å². The van der Waals surface area contributed by atoms with Crippen LogP contribution in [-0.4, -0.2) is 14.8 Å². The fourth-order valence-corrected chi connectivity index (χ4v) is 2.41. The topological polar surface area (TPSA) is 54.5 Å². The van der Waals surface area contributed by atoms with Gasteiger partial charge in [0.15, 0.2) is 0 Å². The van der Waals surface area contributed by atoms with Gasteiger partial charge in [-0.25, -0.2) is 9.67 Å². The molecule has 0 unspecified atom stereocenters. The minimum absolute atomic E-state index is 0.649. The molecule has 0 aliphatic rings. The summed E-state index contributed by atoms with van der Waals surface area (Å²) >= 11 is 0. The van der Waals surface area contributed by atoms with Gasteiger partial charge in [-0.15, -0.1) is 0 Å². The molecule has 4 nitrogen and oxygen atoms in total. The summed E-state index contributed by atoms with van der Waals surface area (Å²) in [7, 11) is 0. The van der Waals surface area contributed by atoms with Crippen molar-refractivity contribution in [2.45, 2.75) is 12.8 Å². The fourth-order valence-electron chi connectivity index (χ4n) is 2.41. The molecule has 3 aromatic rings. The van der Waals surface area contributed by atoms with Gasteiger partial charge in [0.25, 0.3) is 0 Å². The Balaban J connectivity index is 1.83. The summed E-state index contributed by atoms with van der Waals surface area (Å²) in [4.78, 5) is 4.03. The van der Waals surface area contributed by atoms with Crippen LogP contribution in [-0.2, 0) is 6.42 Å². The van der Waals surface area contributed by atoms with E-state index < -0.39 is 0 Å². The highest BCUT2D eigenvalue weighted by Crippen LogP contribution is 2.18. The van der Waals surface area contributed by atoms with Gasteiger partial charge in [0.05, 0.1) is 17.3 Å². The van der Waals surface area contributed by atoms with E-state index in [-0.39, 0.29) is 0 Å². The molecule has 0 saturated heterocycles. The summed E-state index contributed by atoms with van der Waals surface area (Å²) in [5.41, 5.74) is 3.95. The predicted molar refractivity (Wildman–Crippen MR) is 89.3 cm³/mol. The molecule has 1 heterocycles. The van der Waals surface area contributed by atoms with Gasteiger partial charge in [0, 0.05) is 0 Å². The van der Waals surface area contributed by atoms with Crippen LogP contribution in [0.25, 0.3) is 5.70 Å². The zero-order chi connectivity index (χ0) is 15.9. The first-order valence-corrected chi connectivity index (χ1v) is 7.46. The second kappa shape index (κ2) is 7.19. The van der Waals surface area contributed by atoms with Crippen LogP contribution in [0.15, 0.2) is 73.3 Å². The van der Waals surface area contributed by atoms with E-state index >= 15 is 0 Å². The molecule has 0 radical (unpaired) electrons. The summed E-state index contributed by atoms with van der Waals surface area (Å²) in [6.07, 6.45) is 7.23.